The molecule has 14 nitrogen and oxygen atoms in total. The number of carboxylic acid groups (broad SMARTS) is 1. The number of amides is 2. The number of aromatic nitrogens is 6. The van der Waals surface area contributed by atoms with Crippen molar-refractivity contribution < 1.29 is 29.0 Å². The number of ether oxygens (including phenoxy) is 1. The minimum absolute atomic E-state index is 0.0243. The Labute approximate surface area is 425 Å². The lowest BCUT2D eigenvalue weighted by molar-refractivity contribution is -0.141. The van der Waals surface area contributed by atoms with Gasteiger partial charge in [0.15, 0.2) is 0 Å². The Bertz CT molecular complexity index is 3310. The van der Waals surface area contributed by atoms with Crippen LogP contribution in [0.25, 0.3) is 22.1 Å². The molecule has 0 bridgehead atoms. The predicted molar refractivity (Wildman–Crippen MR) is 280 cm³/mol. The minimum Gasteiger partial charge on any atom is -0.481 e. The molecule has 6 aromatic carbocycles. The summed E-state index contributed by atoms with van der Waals surface area (Å²) in [7, 11) is 1.42. The van der Waals surface area contributed by atoms with Gasteiger partial charge in [-0.25, -0.2) is 9.36 Å². The van der Waals surface area contributed by atoms with Gasteiger partial charge in [-0.3, -0.25) is 19.2 Å². The van der Waals surface area contributed by atoms with E-state index in [1.165, 1.54) is 18.2 Å². The highest BCUT2D eigenvalue weighted by molar-refractivity contribution is 5.95. The standard InChI is InChI=1S/C30H32N4O3.C29H30N4O3/c1-4-34-27-15-14-25(20(2)29(27)31-32-34)26(18-28(35)37-3)23-13-12-21-11-8-16-33(19-24(21)17-23)30(36)22-9-6-5-7-10-22;1-3-33-26-14-13-24(19(2)28(26)30-31-33)25(17-27(34)35)22-12-11-20-10-7-15-32(18-23(20)16-22)29(36)21-8-5-4-6-9-21/h5-7,9-10,12-15,17,26H,4,8,11,16,18-19H2,1-3H3;4-6,8-9,11-14,16,25H,3,7,10,15,17-18H2,1-2H3,(H,34,35). The van der Waals surface area contributed by atoms with Gasteiger partial charge in [0.2, 0.25) is 0 Å². The van der Waals surface area contributed by atoms with E-state index in [2.05, 4.69) is 57.0 Å². The Balaban J connectivity index is 0.000000180. The predicted octanol–water partition coefficient (Wildman–Crippen LogP) is 10.00. The normalized spacial score (nSPS) is 14.3. The Morgan fingerprint density at radius 2 is 1.01 bits per heavy atom. The summed E-state index contributed by atoms with van der Waals surface area (Å²) in [6, 6.07) is 39.6. The summed E-state index contributed by atoms with van der Waals surface area (Å²) in [6.45, 7) is 12.0. The van der Waals surface area contributed by atoms with Gasteiger partial charge in [0.05, 0.1) is 31.0 Å². The first-order valence-corrected chi connectivity index (χ1v) is 25.3. The number of methoxy groups -OCH3 is 1. The van der Waals surface area contributed by atoms with Gasteiger partial charge >= 0.3 is 11.9 Å². The van der Waals surface area contributed by atoms with E-state index in [4.69, 9.17) is 4.74 Å². The molecular formula is C59H62N8O6. The number of carbonyl (C=O) groups is 4. The summed E-state index contributed by atoms with van der Waals surface area (Å²) in [5, 5.41) is 27.1. The first-order chi connectivity index (χ1) is 35.5. The van der Waals surface area contributed by atoms with Crippen molar-refractivity contribution in [3.8, 4) is 0 Å². The SMILES string of the molecule is CCn1nnc2c(C)c(C(CC(=O)O)c3ccc4c(c3)CN(C(=O)c3ccccc3)CCC4)ccc21.CCn1nnc2c(C)c(C(CC(=O)OC)c3ccc4c(c3)CN(C(=O)c3ccccc3)CCC4)ccc21. The van der Waals surface area contributed by atoms with Gasteiger partial charge in [0.25, 0.3) is 11.8 Å². The van der Waals surface area contributed by atoms with E-state index in [1.54, 1.807) is 0 Å². The third-order valence-corrected chi connectivity index (χ3v) is 14.6. The van der Waals surface area contributed by atoms with Crippen molar-refractivity contribution in [1.82, 2.24) is 39.8 Å². The molecule has 0 radical (unpaired) electrons. The van der Waals surface area contributed by atoms with E-state index in [-0.39, 0.29) is 42.5 Å². The highest BCUT2D eigenvalue weighted by atomic mass is 16.5. The van der Waals surface area contributed by atoms with Crippen LogP contribution in [0.5, 0.6) is 0 Å². The summed E-state index contributed by atoms with van der Waals surface area (Å²) in [5.74, 6) is -1.58. The second-order valence-corrected chi connectivity index (χ2v) is 19.0. The van der Waals surface area contributed by atoms with E-state index >= 15 is 0 Å². The zero-order chi connectivity index (χ0) is 51.2. The Morgan fingerprint density at radius 1 is 0.575 bits per heavy atom. The molecule has 8 aromatic rings. The van der Waals surface area contributed by atoms with Gasteiger partial charge in [-0.15, -0.1) is 10.2 Å². The van der Waals surface area contributed by atoms with E-state index in [0.717, 1.165) is 105 Å². The molecule has 374 valence electrons. The maximum absolute atomic E-state index is 13.2. The molecule has 10 rings (SSSR count). The third-order valence-electron chi connectivity index (χ3n) is 14.6. The number of hydrogen-bond donors (Lipinski definition) is 1. The second kappa shape index (κ2) is 22.2. The Morgan fingerprint density at radius 3 is 1.42 bits per heavy atom. The van der Waals surface area contributed by atoms with Crippen molar-refractivity contribution in [1.29, 1.82) is 0 Å². The fraction of sp³-hybridized carbons (Fsp3) is 0.322. The fourth-order valence-corrected chi connectivity index (χ4v) is 10.7. The number of rotatable bonds is 12. The van der Waals surface area contributed by atoms with E-state index in [0.29, 0.717) is 37.3 Å². The molecule has 2 unspecified atom stereocenters. The van der Waals surface area contributed by atoms with Crippen molar-refractivity contribution in [2.45, 2.75) is 104 Å². The average molecular weight is 979 g/mol. The monoisotopic (exact) mass is 978 g/mol. The number of benzene rings is 6. The largest absolute Gasteiger partial charge is 0.481 e. The smallest absolute Gasteiger partial charge is 0.306 e. The lowest BCUT2D eigenvalue weighted by Crippen LogP contribution is -2.30. The molecule has 2 aliphatic rings. The quantitative estimate of drug-likeness (QED) is 0.117. The molecule has 0 saturated heterocycles. The lowest BCUT2D eigenvalue weighted by Gasteiger charge is -2.23. The zero-order valence-corrected chi connectivity index (χ0v) is 42.3. The Hall–Kier alpha value is -8.00. The molecule has 14 heteroatoms. The molecule has 4 heterocycles. The molecule has 73 heavy (non-hydrogen) atoms. The summed E-state index contributed by atoms with van der Waals surface area (Å²) < 4.78 is 8.80. The van der Waals surface area contributed by atoms with Gasteiger partial charge in [-0.2, -0.15) is 0 Å². The summed E-state index contributed by atoms with van der Waals surface area (Å²) in [6.07, 6.45) is 3.81. The molecule has 0 spiro atoms. The van der Waals surface area contributed by atoms with Crippen LogP contribution in [0, 0.1) is 13.8 Å². The van der Waals surface area contributed by atoms with Crippen molar-refractivity contribution in [2.24, 2.45) is 0 Å². The molecule has 2 amide bonds. The van der Waals surface area contributed by atoms with Crippen molar-refractivity contribution in [2.75, 3.05) is 20.2 Å². The van der Waals surface area contributed by atoms with Crippen LogP contribution in [0.1, 0.15) is 128 Å². The number of nitrogens with zero attached hydrogens (tertiary/aromatic N) is 8. The molecule has 0 aliphatic carbocycles. The molecule has 2 aromatic heterocycles. The van der Waals surface area contributed by atoms with Crippen molar-refractivity contribution in [3.63, 3.8) is 0 Å². The molecule has 0 fully saturated rings. The van der Waals surface area contributed by atoms with Crippen molar-refractivity contribution in [3.05, 3.63) is 188 Å². The average Bonchev–Trinajstić information content (AvgIpc) is 3.90. The fourth-order valence-electron chi connectivity index (χ4n) is 10.7. The van der Waals surface area contributed by atoms with Crippen LogP contribution in [0.3, 0.4) is 0 Å². The van der Waals surface area contributed by atoms with Crippen LogP contribution in [0.2, 0.25) is 0 Å². The van der Waals surface area contributed by atoms with Crippen LogP contribution in [0.15, 0.2) is 121 Å². The van der Waals surface area contributed by atoms with Crippen LogP contribution in [-0.2, 0) is 53.3 Å². The van der Waals surface area contributed by atoms with Crippen molar-refractivity contribution >= 4 is 45.8 Å². The second-order valence-electron chi connectivity index (χ2n) is 19.0. The Kier molecular flexibility index (Phi) is 15.2. The van der Waals surface area contributed by atoms with Gasteiger partial charge < -0.3 is 19.6 Å². The number of esters is 1. The van der Waals surface area contributed by atoms with Crippen LogP contribution in [0.4, 0.5) is 0 Å². The highest BCUT2D eigenvalue weighted by Crippen LogP contribution is 2.37. The van der Waals surface area contributed by atoms with Crippen LogP contribution >= 0.6 is 0 Å². The van der Waals surface area contributed by atoms with Gasteiger partial charge in [-0.1, -0.05) is 95.4 Å². The molecule has 0 saturated carbocycles. The summed E-state index contributed by atoms with van der Waals surface area (Å²) in [5.41, 5.74) is 15.6. The maximum Gasteiger partial charge on any atom is 0.306 e. The molecule has 2 atom stereocenters. The number of fused-ring (bicyclic) bond motifs is 4. The number of hydrogen-bond acceptors (Lipinski definition) is 9. The topological polar surface area (TPSA) is 166 Å². The zero-order valence-electron chi connectivity index (χ0n) is 42.3. The molecular weight excluding hydrogens is 917 g/mol. The summed E-state index contributed by atoms with van der Waals surface area (Å²) >= 11 is 0. The first kappa shape index (κ1) is 50.0. The third kappa shape index (κ3) is 10.6. The first-order valence-electron chi connectivity index (χ1n) is 25.3. The number of carboxylic acids is 1. The molecule has 2 aliphatic heterocycles. The number of aryl methyl sites for hydroxylation is 6. The van der Waals surface area contributed by atoms with E-state index < -0.39 is 5.97 Å². The minimum atomic E-state index is -0.854. The van der Waals surface area contributed by atoms with Gasteiger partial charge in [0, 0.05) is 62.2 Å². The van der Waals surface area contributed by atoms with E-state index in [1.807, 2.05) is 132 Å². The summed E-state index contributed by atoms with van der Waals surface area (Å²) in [4.78, 5) is 54.7. The van der Waals surface area contributed by atoms with Crippen LogP contribution in [-0.4, -0.2) is 88.8 Å². The van der Waals surface area contributed by atoms with E-state index in [9.17, 15) is 24.3 Å². The lowest BCUT2D eigenvalue weighted by atomic mass is 9.84. The van der Waals surface area contributed by atoms with Crippen LogP contribution < -0.4 is 0 Å². The highest BCUT2D eigenvalue weighted by Gasteiger charge is 2.28. The van der Waals surface area contributed by atoms with Gasteiger partial charge in [-0.05, 0) is 145 Å². The van der Waals surface area contributed by atoms with Gasteiger partial charge in [0.1, 0.15) is 11.0 Å². The molecule has 1 N–H and O–H groups in total. The number of aliphatic carboxylic acids is 1. The number of carbonyl (C=O) groups excluding carboxylic acids is 3. The maximum atomic E-state index is 13.2.